The lowest BCUT2D eigenvalue weighted by Gasteiger charge is -2.03. The second kappa shape index (κ2) is 4.62. The molecule has 0 fully saturated rings. The van der Waals surface area contributed by atoms with Crippen molar-refractivity contribution in [3.8, 4) is 0 Å². The molecule has 1 aromatic heterocycles. The summed E-state index contributed by atoms with van der Waals surface area (Å²) in [4.78, 5) is 13.3. The summed E-state index contributed by atoms with van der Waals surface area (Å²) in [6.45, 7) is 0.785. The molecule has 0 aliphatic carbocycles. The van der Waals surface area contributed by atoms with Crippen LogP contribution in [0.5, 0.6) is 0 Å². The summed E-state index contributed by atoms with van der Waals surface area (Å²) < 4.78 is 1.55. The fourth-order valence-corrected chi connectivity index (χ4v) is 0.932. The van der Waals surface area contributed by atoms with Crippen LogP contribution in [0.25, 0.3) is 0 Å². The molecule has 0 saturated carbocycles. The first-order chi connectivity index (χ1) is 6.20. The largest absolute Gasteiger partial charge is 0.306 e. The number of nitrogens with zero attached hydrogens (tertiary/aromatic N) is 2. The van der Waals surface area contributed by atoms with Crippen LogP contribution in [0.2, 0.25) is 0 Å². The topological polar surface area (TPSA) is 25.2 Å². The third-order valence-corrected chi connectivity index (χ3v) is 1.59. The fraction of sp³-hybridized carbons (Fsp3) is 0.300. The van der Waals surface area contributed by atoms with Gasteiger partial charge < -0.3 is 4.90 Å². The SMILES string of the molecule is CN(C)CC=CC(=O)n1cccc1. The maximum atomic E-state index is 11.3. The summed E-state index contributed by atoms with van der Waals surface area (Å²) >= 11 is 0. The third-order valence-electron chi connectivity index (χ3n) is 1.59. The van der Waals surface area contributed by atoms with Crippen molar-refractivity contribution in [2.24, 2.45) is 0 Å². The number of carbonyl (C=O) groups is 1. The van der Waals surface area contributed by atoms with Gasteiger partial charge in [0.2, 0.25) is 0 Å². The number of rotatable bonds is 3. The van der Waals surface area contributed by atoms with E-state index in [4.69, 9.17) is 0 Å². The van der Waals surface area contributed by atoms with Crippen LogP contribution in [-0.2, 0) is 0 Å². The average molecular weight is 178 g/mol. The Morgan fingerprint density at radius 3 is 2.54 bits per heavy atom. The van der Waals surface area contributed by atoms with Gasteiger partial charge in [-0.15, -0.1) is 0 Å². The Labute approximate surface area is 78.3 Å². The van der Waals surface area contributed by atoms with Crippen molar-refractivity contribution in [3.05, 3.63) is 36.7 Å². The lowest BCUT2D eigenvalue weighted by molar-refractivity contribution is 0.0969. The van der Waals surface area contributed by atoms with Crippen molar-refractivity contribution < 1.29 is 4.79 Å². The molecule has 0 N–H and O–H groups in total. The van der Waals surface area contributed by atoms with E-state index in [1.165, 1.54) is 0 Å². The van der Waals surface area contributed by atoms with E-state index < -0.39 is 0 Å². The number of aromatic nitrogens is 1. The number of hydrogen-bond donors (Lipinski definition) is 0. The molecule has 0 atom stereocenters. The number of hydrogen-bond acceptors (Lipinski definition) is 2. The standard InChI is InChI=1S/C10H14N2O/c1-11(2)7-5-6-10(13)12-8-3-4-9-12/h3-6,8-9H,7H2,1-2H3. The lowest BCUT2D eigenvalue weighted by Crippen LogP contribution is -2.11. The molecule has 0 unspecified atom stereocenters. The van der Waals surface area contributed by atoms with Crippen molar-refractivity contribution in [3.63, 3.8) is 0 Å². The Morgan fingerprint density at radius 2 is 2.00 bits per heavy atom. The van der Waals surface area contributed by atoms with Crippen molar-refractivity contribution >= 4 is 5.91 Å². The van der Waals surface area contributed by atoms with E-state index in [1.54, 1.807) is 23.0 Å². The highest BCUT2D eigenvalue weighted by atomic mass is 16.1. The number of allylic oxidation sites excluding steroid dienone is 1. The molecule has 13 heavy (non-hydrogen) atoms. The van der Waals surface area contributed by atoms with Gasteiger partial charge in [-0.2, -0.15) is 0 Å². The Kier molecular flexibility index (Phi) is 3.46. The van der Waals surface area contributed by atoms with Gasteiger partial charge in [-0.3, -0.25) is 9.36 Å². The molecule has 0 bridgehead atoms. The molecule has 3 heteroatoms. The van der Waals surface area contributed by atoms with Gasteiger partial charge in [-0.1, -0.05) is 6.08 Å². The van der Waals surface area contributed by atoms with Crippen LogP contribution >= 0.6 is 0 Å². The van der Waals surface area contributed by atoms with Gasteiger partial charge in [-0.25, -0.2) is 0 Å². The maximum absolute atomic E-state index is 11.3. The summed E-state index contributed by atoms with van der Waals surface area (Å²) in [5.41, 5.74) is 0. The molecule has 1 heterocycles. The van der Waals surface area contributed by atoms with E-state index in [0.29, 0.717) is 0 Å². The second-order valence-corrected chi connectivity index (χ2v) is 3.09. The summed E-state index contributed by atoms with van der Waals surface area (Å²) in [5.74, 6) is -0.00755. The lowest BCUT2D eigenvalue weighted by atomic mass is 10.4. The van der Waals surface area contributed by atoms with Crippen molar-refractivity contribution in [1.82, 2.24) is 9.47 Å². The van der Waals surface area contributed by atoms with Crippen LogP contribution in [0.15, 0.2) is 36.7 Å². The Morgan fingerprint density at radius 1 is 1.38 bits per heavy atom. The molecule has 0 saturated heterocycles. The summed E-state index contributed by atoms with van der Waals surface area (Å²) in [6.07, 6.45) is 6.91. The van der Waals surface area contributed by atoms with Crippen LogP contribution in [0.4, 0.5) is 0 Å². The van der Waals surface area contributed by atoms with E-state index in [9.17, 15) is 4.79 Å². The highest BCUT2D eigenvalue weighted by Gasteiger charge is 1.95. The summed E-state index contributed by atoms with van der Waals surface area (Å²) in [5, 5.41) is 0. The van der Waals surface area contributed by atoms with Crippen LogP contribution < -0.4 is 0 Å². The Hall–Kier alpha value is -1.35. The molecular weight excluding hydrogens is 164 g/mol. The summed E-state index contributed by atoms with van der Waals surface area (Å²) in [7, 11) is 3.93. The van der Waals surface area contributed by atoms with Gasteiger partial charge in [0, 0.05) is 25.0 Å². The minimum Gasteiger partial charge on any atom is -0.306 e. The number of carbonyl (C=O) groups excluding carboxylic acids is 1. The number of likely N-dealkylation sites (N-methyl/N-ethyl adjacent to an activating group) is 1. The average Bonchev–Trinajstić information content (AvgIpc) is 2.55. The third kappa shape index (κ3) is 3.25. The molecule has 0 spiro atoms. The van der Waals surface area contributed by atoms with E-state index in [0.717, 1.165) is 6.54 Å². The first kappa shape index (κ1) is 9.74. The summed E-state index contributed by atoms with van der Waals surface area (Å²) in [6, 6.07) is 3.66. The minimum atomic E-state index is -0.00755. The van der Waals surface area contributed by atoms with E-state index in [-0.39, 0.29) is 5.91 Å². The van der Waals surface area contributed by atoms with Crippen LogP contribution in [-0.4, -0.2) is 36.0 Å². The zero-order chi connectivity index (χ0) is 9.68. The van der Waals surface area contributed by atoms with Crippen LogP contribution in [0.1, 0.15) is 4.79 Å². The van der Waals surface area contributed by atoms with Crippen molar-refractivity contribution in [2.75, 3.05) is 20.6 Å². The van der Waals surface area contributed by atoms with Crippen molar-refractivity contribution in [1.29, 1.82) is 0 Å². The molecule has 1 aromatic rings. The molecule has 0 aromatic carbocycles. The monoisotopic (exact) mass is 178 g/mol. The highest BCUT2D eigenvalue weighted by molar-refractivity contribution is 5.89. The molecule has 70 valence electrons. The zero-order valence-corrected chi connectivity index (χ0v) is 7.97. The van der Waals surface area contributed by atoms with Crippen LogP contribution in [0.3, 0.4) is 0 Å². The first-order valence-corrected chi connectivity index (χ1v) is 4.19. The molecule has 1 rings (SSSR count). The Balaban J connectivity index is 2.47. The second-order valence-electron chi connectivity index (χ2n) is 3.09. The molecule has 0 aliphatic heterocycles. The van der Waals surface area contributed by atoms with Crippen molar-refractivity contribution in [2.45, 2.75) is 0 Å². The predicted molar refractivity (Wildman–Crippen MR) is 52.8 cm³/mol. The Bertz CT molecular complexity index is 286. The maximum Gasteiger partial charge on any atom is 0.254 e. The minimum absolute atomic E-state index is 0.00755. The molecule has 0 amide bonds. The smallest absolute Gasteiger partial charge is 0.254 e. The zero-order valence-electron chi connectivity index (χ0n) is 7.97. The fourth-order valence-electron chi connectivity index (χ4n) is 0.932. The predicted octanol–water partition coefficient (Wildman–Crippen LogP) is 1.25. The van der Waals surface area contributed by atoms with E-state index in [1.807, 2.05) is 37.2 Å². The van der Waals surface area contributed by atoms with Gasteiger partial charge in [0.25, 0.3) is 5.91 Å². The van der Waals surface area contributed by atoms with Gasteiger partial charge in [0.15, 0.2) is 0 Å². The normalized spacial score (nSPS) is 11.3. The van der Waals surface area contributed by atoms with Gasteiger partial charge in [0.05, 0.1) is 0 Å². The van der Waals surface area contributed by atoms with Gasteiger partial charge in [-0.05, 0) is 26.2 Å². The van der Waals surface area contributed by atoms with Gasteiger partial charge >= 0.3 is 0 Å². The van der Waals surface area contributed by atoms with Crippen LogP contribution in [0, 0.1) is 0 Å². The van der Waals surface area contributed by atoms with Gasteiger partial charge in [0.1, 0.15) is 0 Å². The molecular formula is C10H14N2O. The van der Waals surface area contributed by atoms with E-state index in [2.05, 4.69) is 0 Å². The quantitative estimate of drug-likeness (QED) is 0.651. The molecule has 0 radical (unpaired) electrons. The molecule has 3 nitrogen and oxygen atoms in total. The highest BCUT2D eigenvalue weighted by Crippen LogP contribution is 1.91. The first-order valence-electron chi connectivity index (χ1n) is 4.19. The van der Waals surface area contributed by atoms with E-state index >= 15 is 0 Å². The molecule has 0 aliphatic rings.